The number of nitrogens with zero attached hydrogens (tertiary/aromatic N) is 2. The molecule has 0 spiro atoms. The number of amides is 2. The third kappa shape index (κ3) is 3.42. The predicted molar refractivity (Wildman–Crippen MR) is 64.5 cm³/mol. The first-order chi connectivity index (χ1) is 8.45. The third-order valence-electron chi connectivity index (χ3n) is 2.48. The lowest BCUT2D eigenvalue weighted by atomic mass is 10.2. The van der Waals surface area contributed by atoms with Crippen LogP contribution in [0.4, 0.5) is 10.5 Å². The Labute approximate surface area is 104 Å². The van der Waals surface area contributed by atoms with Crippen LogP contribution in [0.2, 0.25) is 0 Å². The summed E-state index contributed by atoms with van der Waals surface area (Å²) in [7, 11) is 1.53. The molecule has 1 rings (SSSR count). The molecular formula is C11H15N3O4. The van der Waals surface area contributed by atoms with E-state index in [1.807, 2.05) is 0 Å². The predicted octanol–water partition coefficient (Wildman–Crippen LogP) is 0.624. The van der Waals surface area contributed by atoms with Crippen LogP contribution < -0.4 is 5.32 Å². The molecule has 0 bridgehead atoms. The van der Waals surface area contributed by atoms with E-state index in [1.165, 1.54) is 30.4 Å². The van der Waals surface area contributed by atoms with Gasteiger partial charge in [-0.3, -0.25) is 4.98 Å². The zero-order valence-corrected chi connectivity index (χ0v) is 10.1. The maximum Gasteiger partial charge on any atom is 0.337 e. The van der Waals surface area contributed by atoms with E-state index in [-0.39, 0.29) is 23.9 Å². The Hall–Kier alpha value is -2.15. The number of urea groups is 1. The molecule has 3 N–H and O–H groups in total. The molecule has 0 aliphatic carbocycles. The molecule has 1 aromatic heterocycles. The van der Waals surface area contributed by atoms with Gasteiger partial charge in [0, 0.05) is 13.2 Å². The highest BCUT2D eigenvalue weighted by Gasteiger charge is 2.15. The molecule has 1 unspecified atom stereocenters. The van der Waals surface area contributed by atoms with Gasteiger partial charge in [0.05, 0.1) is 30.1 Å². The van der Waals surface area contributed by atoms with Crippen molar-refractivity contribution in [1.82, 2.24) is 9.88 Å². The van der Waals surface area contributed by atoms with Gasteiger partial charge in [0.2, 0.25) is 0 Å². The fourth-order valence-electron chi connectivity index (χ4n) is 1.16. The number of aliphatic hydroxyl groups excluding tert-OH is 1. The average molecular weight is 253 g/mol. The molecule has 0 radical (unpaired) electrons. The van der Waals surface area contributed by atoms with Gasteiger partial charge in [0.1, 0.15) is 0 Å². The Morgan fingerprint density at radius 1 is 1.50 bits per heavy atom. The van der Waals surface area contributed by atoms with Crippen LogP contribution in [0.1, 0.15) is 17.3 Å². The number of carboxylic acid groups (broad SMARTS) is 1. The summed E-state index contributed by atoms with van der Waals surface area (Å²) in [4.78, 5) is 27.5. The Kier molecular flexibility index (Phi) is 4.61. The van der Waals surface area contributed by atoms with Gasteiger partial charge in [-0.05, 0) is 13.0 Å². The van der Waals surface area contributed by atoms with Gasteiger partial charge in [0.25, 0.3) is 0 Å². The van der Waals surface area contributed by atoms with Gasteiger partial charge in [0.15, 0.2) is 0 Å². The van der Waals surface area contributed by atoms with E-state index in [0.29, 0.717) is 0 Å². The summed E-state index contributed by atoms with van der Waals surface area (Å²) in [5.41, 5.74) is 0.280. The Morgan fingerprint density at radius 3 is 2.72 bits per heavy atom. The number of carbonyl (C=O) groups is 2. The summed E-state index contributed by atoms with van der Waals surface area (Å²) >= 11 is 0. The van der Waals surface area contributed by atoms with E-state index < -0.39 is 12.0 Å². The van der Waals surface area contributed by atoms with Crippen molar-refractivity contribution >= 4 is 17.7 Å². The van der Waals surface area contributed by atoms with Crippen molar-refractivity contribution in [2.24, 2.45) is 0 Å². The van der Waals surface area contributed by atoms with E-state index >= 15 is 0 Å². The monoisotopic (exact) mass is 253 g/mol. The number of carboxylic acids is 1. The number of aliphatic hydroxyl groups is 1. The van der Waals surface area contributed by atoms with Gasteiger partial charge < -0.3 is 20.4 Å². The fourth-order valence-corrected chi connectivity index (χ4v) is 1.16. The first-order valence-corrected chi connectivity index (χ1v) is 5.28. The van der Waals surface area contributed by atoms with Gasteiger partial charge in [-0.2, -0.15) is 0 Å². The number of carbonyl (C=O) groups excluding carboxylic acids is 1. The minimum atomic E-state index is -1.12. The number of hydrogen-bond acceptors (Lipinski definition) is 4. The number of anilines is 1. The van der Waals surface area contributed by atoms with Crippen LogP contribution in [-0.2, 0) is 0 Å². The lowest BCUT2D eigenvalue weighted by Gasteiger charge is -2.23. The van der Waals surface area contributed by atoms with Crippen LogP contribution >= 0.6 is 0 Å². The lowest BCUT2D eigenvalue weighted by Crippen LogP contribution is -2.40. The van der Waals surface area contributed by atoms with Crippen LogP contribution in [-0.4, -0.2) is 51.8 Å². The van der Waals surface area contributed by atoms with Crippen LogP contribution in [0, 0.1) is 0 Å². The molecule has 1 heterocycles. The lowest BCUT2D eigenvalue weighted by molar-refractivity contribution is 0.0696. The number of rotatable bonds is 4. The van der Waals surface area contributed by atoms with Crippen molar-refractivity contribution in [2.45, 2.75) is 13.0 Å². The summed E-state index contributed by atoms with van der Waals surface area (Å²) < 4.78 is 0. The zero-order valence-electron chi connectivity index (χ0n) is 10.1. The molecule has 1 aromatic rings. The van der Waals surface area contributed by atoms with Crippen molar-refractivity contribution in [2.75, 3.05) is 19.0 Å². The van der Waals surface area contributed by atoms with E-state index in [4.69, 9.17) is 10.2 Å². The van der Waals surface area contributed by atoms with Crippen LogP contribution in [0.25, 0.3) is 0 Å². The summed E-state index contributed by atoms with van der Waals surface area (Å²) in [5, 5.41) is 20.2. The minimum absolute atomic E-state index is 0.00865. The van der Waals surface area contributed by atoms with Crippen molar-refractivity contribution in [3.8, 4) is 0 Å². The molecule has 0 saturated carbocycles. The minimum Gasteiger partial charge on any atom is -0.478 e. The topological polar surface area (TPSA) is 103 Å². The van der Waals surface area contributed by atoms with Crippen molar-refractivity contribution in [3.63, 3.8) is 0 Å². The molecule has 0 aromatic carbocycles. The molecule has 0 aliphatic rings. The zero-order chi connectivity index (χ0) is 13.7. The Bertz CT molecular complexity index is 450. The second-order valence-electron chi connectivity index (χ2n) is 3.84. The summed E-state index contributed by atoms with van der Waals surface area (Å²) in [6, 6.07) is 0.534. The molecule has 7 heteroatoms. The molecule has 1 atom stereocenters. The van der Waals surface area contributed by atoms with Crippen LogP contribution in [0.15, 0.2) is 18.5 Å². The van der Waals surface area contributed by atoms with Gasteiger partial charge >= 0.3 is 12.0 Å². The SMILES string of the molecule is CC(CO)N(C)C(=O)Nc1cncc(C(=O)O)c1. The van der Waals surface area contributed by atoms with E-state index in [1.54, 1.807) is 6.92 Å². The quantitative estimate of drug-likeness (QED) is 0.730. The van der Waals surface area contributed by atoms with Gasteiger partial charge in [-0.25, -0.2) is 9.59 Å². The number of pyridine rings is 1. The number of aromatic carboxylic acids is 1. The van der Waals surface area contributed by atoms with E-state index in [9.17, 15) is 9.59 Å². The van der Waals surface area contributed by atoms with Crippen molar-refractivity contribution in [3.05, 3.63) is 24.0 Å². The normalized spacial score (nSPS) is 11.7. The summed E-state index contributed by atoms with van der Waals surface area (Å²) in [5.74, 6) is -1.12. The Balaban J connectivity index is 2.76. The summed E-state index contributed by atoms with van der Waals surface area (Å²) in [6.07, 6.45) is 2.54. The number of nitrogens with one attached hydrogen (secondary N) is 1. The smallest absolute Gasteiger partial charge is 0.337 e. The highest BCUT2D eigenvalue weighted by molar-refractivity contribution is 5.92. The molecule has 0 saturated heterocycles. The molecule has 7 nitrogen and oxygen atoms in total. The van der Waals surface area contributed by atoms with Crippen LogP contribution in [0.3, 0.4) is 0 Å². The third-order valence-corrected chi connectivity index (χ3v) is 2.48. The van der Waals surface area contributed by atoms with Crippen LogP contribution in [0.5, 0.6) is 0 Å². The second kappa shape index (κ2) is 5.97. The second-order valence-corrected chi connectivity index (χ2v) is 3.84. The van der Waals surface area contributed by atoms with E-state index in [0.717, 1.165) is 0 Å². The molecule has 98 valence electrons. The molecular weight excluding hydrogens is 238 g/mol. The van der Waals surface area contributed by atoms with Crippen molar-refractivity contribution < 1.29 is 19.8 Å². The molecule has 0 fully saturated rings. The average Bonchev–Trinajstić information content (AvgIpc) is 2.37. The van der Waals surface area contributed by atoms with Crippen molar-refractivity contribution in [1.29, 1.82) is 0 Å². The number of aromatic nitrogens is 1. The summed E-state index contributed by atoms with van der Waals surface area (Å²) in [6.45, 7) is 1.53. The standard InChI is InChI=1S/C11H15N3O4/c1-7(6-15)14(2)11(18)13-9-3-8(10(16)17)4-12-5-9/h3-5,7,15H,6H2,1-2H3,(H,13,18)(H,16,17). The van der Waals surface area contributed by atoms with Gasteiger partial charge in [-0.1, -0.05) is 0 Å². The first kappa shape index (κ1) is 13.9. The van der Waals surface area contributed by atoms with E-state index in [2.05, 4.69) is 10.3 Å². The fraction of sp³-hybridized carbons (Fsp3) is 0.364. The first-order valence-electron chi connectivity index (χ1n) is 5.28. The molecule has 18 heavy (non-hydrogen) atoms. The maximum atomic E-state index is 11.7. The highest BCUT2D eigenvalue weighted by Crippen LogP contribution is 2.09. The van der Waals surface area contributed by atoms with Gasteiger partial charge in [-0.15, -0.1) is 0 Å². The molecule has 2 amide bonds. The number of likely N-dealkylation sites (N-methyl/N-ethyl adjacent to an activating group) is 1. The largest absolute Gasteiger partial charge is 0.478 e. The highest BCUT2D eigenvalue weighted by atomic mass is 16.4. The number of hydrogen-bond donors (Lipinski definition) is 3. The maximum absolute atomic E-state index is 11.7. The molecule has 0 aliphatic heterocycles. The Morgan fingerprint density at radius 2 is 2.17 bits per heavy atom.